The van der Waals surface area contributed by atoms with Crippen LogP contribution >= 0.6 is 0 Å². The SMILES string of the molecule is CCOC(=O)CCc1c(F)cccc1NC(=O)[C@H](Cc1ccc([N+](=O)[O-])cc1)NS(=O)(=O)C(C)(C)C. The highest BCUT2D eigenvalue weighted by molar-refractivity contribution is 7.90. The Labute approximate surface area is 209 Å². The minimum atomic E-state index is -3.98. The van der Waals surface area contributed by atoms with Gasteiger partial charge in [0, 0.05) is 29.8 Å². The van der Waals surface area contributed by atoms with Crippen molar-refractivity contribution in [2.45, 2.75) is 57.7 Å². The number of hydrogen-bond acceptors (Lipinski definition) is 7. The van der Waals surface area contributed by atoms with Gasteiger partial charge < -0.3 is 10.1 Å². The van der Waals surface area contributed by atoms with Crippen LogP contribution in [0.4, 0.5) is 15.8 Å². The second-order valence-electron chi connectivity index (χ2n) is 8.97. The lowest BCUT2D eigenvalue weighted by Crippen LogP contribution is -2.50. The number of anilines is 1. The molecule has 1 atom stereocenters. The summed E-state index contributed by atoms with van der Waals surface area (Å²) in [5, 5.41) is 13.5. The summed E-state index contributed by atoms with van der Waals surface area (Å²) >= 11 is 0. The molecule has 10 nitrogen and oxygen atoms in total. The van der Waals surface area contributed by atoms with Gasteiger partial charge in [-0.25, -0.2) is 17.5 Å². The Morgan fingerprint density at radius 1 is 1.14 bits per heavy atom. The number of nitrogens with zero attached hydrogens (tertiary/aromatic N) is 1. The van der Waals surface area contributed by atoms with Crippen molar-refractivity contribution >= 4 is 33.3 Å². The number of ether oxygens (including phenoxy) is 1. The summed E-state index contributed by atoms with van der Waals surface area (Å²) < 4.78 is 46.2. The van der Waals surface area contributed by atoms with Crippen LogP contribution in [0.1, 0.15) is 45.2 Å². The molecule has 0 aliphatic heterocycles. The Hall–Kier alpha value is -3.38. The first-order valence-electron chi connectivity index (χ1n) is 11.2. The average molecular weight is 524 g/mol. The molecule has 0 radical (unpaired) electrons. The molecule has 0 bridgehead atoms. The first-order valence-corrected chi connectivity index (χ1v) is 12.7. The Kier molecular flexibility index (Phi) is 9.65. The minimum absolute atomic E-state index is 0.0398. The van der Waals surface area contributed by atoms with E-state index in [9.17, 15) is 32.5 Å². The van der Waals surface area contributed by atoms with E-state index in [0.29, 0.717) is 5.56 Å². The second-order valence-corrected chi connectivity index (χ2v) is 11.4. The van der Waals surface area contributed by atoms with E-state index in [4.69, 9.17) is 4.74 Å². The zero-order chi connectivity index (χ0) is 27.1. The summed E-state index contributed by atoms with van der Waals surface area (Å²) in [4.78, 5) is 35.3. The van der Waals surface area contributed by atoms with Crippen LogP contribution in [0, 0.1) is 15.9 Å². The van der Waals surface area contributed by atoms with Gasteiger partial charge in [-0.05, 0) is 58.2 Å². The Balaban J connectivity index is 2.34. The number of carbonyl (C=O) groups is 2. The Morgan fingerprint density at radius 3 is 2.33 bits per heavy atom. The van der Waals surface area contributed by atoms with E-state index >= 15 is 0 Å². The predicted octanol–water partition coefficient (Wildman–Crippen LogP) is 3.50. The summed E-state index contributed by atoms with van der Waals surface area (Å²) in [5.41, 5.74) is 0.486. The maximum atomic E-state index is 14.5. The molecule has 2 aromatic carbocycles. The highest BCUT2D eigenvalue weighted by Crippen LogP contribution is 2.23. The first-order chi connectivity index (χ1) is 16.7. The topological polar surface area (TPSA) is 145 Å². The molecule has 0 saturated heterocycles. The number of carbonyl (C=O) groups excluding carboxylic acids is 2. The summed E-state index contributed by atoms with van der Waals surface area (Å²) in [6.07, 6.45) is -0.269. The maximum Gasteiger partial charge on any atom is 0.306 e. The number of halogens is 1. The summed E-state index contributed by atoms with van der Waals surface area (Å²) in [6, 6.07) is 8.06. The van der Waals surface area contributed by atoms with Crippen molar-refractivity contribution in [2.24, 2.45) is 0 Å². The molecule has 196 valence electrons. The lowest BCUT2D eigenvalue weighted by molar-refractivity contribution is -0.384. The molecular formula is C24H30FN3O7S. The van der Waals surface area contributed by atoms with Crippen LogP contribution in [0.3, 0.4) is 0 Å². The number of rotatable bonds is 11. The van der Waals surface area contributed by atoms with Crippen molar-refractivity contribution in [3.63, 3.8) is 0 Å². The van der Waals surface area contributed by atoms with Gasteiger partial charge in [0.2, 0.25) is 15.9 Å². The third kappa shape index (κ3) is 7.82. The van der Waals surface area contributed by atoms with Crippen LogP contribution < -0.4 is 10.0 Å². The normalized spacial score (nSPS) is 12.6. The second kappa shape index (κ2) is 12.0. The zero-order valence-electron chi connectivity index (χ0n) is 20.5. The number of amides is 1. The van der Waals surface area contributed by atoms with Gasteiger partial charge in [-0.15, -0.1) is 0 Å². The Bertz CT molecular complexity index is 1210. The van der Waals surface area contributed by atoms with Gasteiger partial charge in [0.25, 0.3) is 5.69 Å². The number of nitro benzene ring substituents is 1. The fourth-order valence-corrected chi connectivity index (χ4v) is 4.07. The van der Waals surface area contributed by atoms with Crippen molar-refractivity contribution in [3.8, 4) is 0 Å². The molecule has 1 amide bonds. The van der Waals surface area contributed by atoms with Crippen LogP contribution in [0.2, 0.25) is 0 Å². The van der Waals surface area contributed by atoms with Crippen LogP contribution in [-0.4, -0.2) is 42.6 Å². The molecule has 2 rings (SSSR count). The smallest absolute Gasteiger partial charge is 0.306 e. The van der Waals surface area contributed by atoms with Crippen molar-refractivity contribution in [3.05, 3.63) is 69.5 Å². The monoisotopic (exact) mass is 523 g/mol. The van der Waals surface area contributed by atoms with E-state index in [2.05, 4.69) is 10.0 Å². The number of nitro groups is 1. The molecule has 2 aromatic rings. The van der Waals surface area contributed by atoms with Crippen molar-refractivity contribution in [1.29, 1.82) is 0 Å². The predicted molar refractivity (Wildman–Crippen MR) is 132 cm³/mol. The lowest BCUT2D eigenvalue weighted by atomic mass is 10.0. The van der Waals surface area contributed by atoms with Crippen molar-refractivity contribution < 1.29 is 32.1 Å². The van der Waals surface area contributed by atoms with Gasteiger partial charge in [-0.2, -0.15) is 0 Å². The summed E-state index contributed by atoms with van der Waals surface area (Å²) in [6.45, 7) is 6.23. The average Bonchev–Trinajstić information content (AvgIpc) is 2.78. The van der Waals surface area contributed by atoms with E-state index in [0.717, 1.165) is 0 Å². The summed E-state index contributed by atoms with van der Waals surface area (Å²) in [5.74, 6) is -1.92. The quantitative estimate of drug-likeness (QED) is 0.260. The van der Waals surface area contributed by atoms with Gasteiger partial charge >= 0.3 is 5.97 Å². The maximum absolute atomic E-state index is 14.5. The molecule has 0 fully saturated rings. The van der Waals surface area contributed by atoms with Crippen LogP contribution in [0.15, 0.2) is 42.5 Å². The van der Waals surface area contributed by atoms with E-state index in [-0.39, 0.29) is 42.8 Å². The molecule has 12 heteroatoms. The first kappa shape index (κ1) is 28.9. The van der Waals surface area contributed by atoms with Crippen molar-refractivity contribution in [2.75, 3.05) is 11.9 Å². The summed E-state index contributed by atoms with van der Waals surface area (Å²) in [7, 11) is -3.98. The molecule has 36 heavy (non-hydrogen) atoms. The molecule has 0 saturated carbocycles. The molecule has 0 aliphatic rings. The molecule has 0 spiro atoms. The van der Waals surface area contributed by atoms with Gasteiger partial charge in [-0.1, -0.05) is 18.2 Å². The number of non-ortho nitro benzene ring substituents is 1. The third-order valence-electron chi connectivity index (χ3n) is 5.27. The third-order valence-corrected chi connectivity index (χ3v) is 7.48. The number of hydrogen-bond donors (Lipinski definition) is 2. The van der Waals surface area contributed by atoms with E-state index in [1.807, 2.05) is 0 Å². The largest absolute Gasteiger partial charge is 0.466 e. The molecule has 0 aliphatic carbocycles. The highest BCUT2D eigenvalue weighted by Gasteiger charge is 2.34. The van der Waals surface area contributed by atoms with Gasteiger partial charge in [0.05, 0.1) is 16.3 Å². The van der Waals surface area contributed by atoms with Crippen molar-refractivity contribution in [1.82, 2.24) is 4.72 Å². The molecule has 2 N–H and O–H groups in total. The minimum Gasteiger partial charge on any atom is -0.466 e. The van der Waals surface area contributed by atoms with E-state index < -0.39 is 43.4 Å². The number of sulfonamides is 1. The molecule has 0 aromatic heterocycles. The van der Waals surface area contributed by atoms with Gasteiger partial charge in [-0.3, -0.25) is 19.7 Å². The number of benzene rings is 2. The van der Waals surface area contributed by atoms with Crippen LogP contribution in [-0.2, 0) is 37.2 Å². The van der Waals surface area contributed by atoms with E-state index in [1.54, 1.807) is 6.92 Å². The number of nitrogens with one attached hydrogen (secondary N) is 2. The Morgan fingerprint density at radius 2 is 1.78 bits per heavy atom. The molecular weight excluding hydrogens is 493 g/mol. The molecule has 0 unspecified atom stereocenters. The fraction of sp³-hybridized carbons (Fsp3) is 0.417. The highest BCUT2D eigenvalue weighted by atomic mass is 32.2. The van der Waals surface area contributed by atoms with Crippen LogP contribution in [0.25, 0.3) is 0 Å². The molecule has 0 heterocycles. The van der Waals surface area contributed by atoms with Gasteiger partial charge in [0.15, 0.2) is 0 Å². The lowest BCUT2D eigenvalue weighted by Gasteiger charge is -2.25. The number of esters is 1. The van der Waals surface area contributed by atoms with Crippen LogP contribution in [0.5, 0.6) is 0 Å². The fourth-order valence-electron chi connectivity index (χ4n) is 3.15. The zero-order valence-corrected chi connectivity index (χ0v) is 21.4. The van der Waals surface area contributed by atoms with Gasteiger partial charge in [0.1, 0.15) is 11.9 Å². The van der Waals surface area contributed by atoms with E-state index in [1.165, 1.54) is 63.2 Å². The standard InChI is InChI=1S/C24H30FN3O7S/c1-5-35-22(29)14-13-18-19(25)7-6-8-20(18)26-23(30)21(27-36(33,34)24(2,3)4)15-16-9-11-17(12-10-16)28(31)32/h6-12,21,27H,5,13-15H2,1-4H3,(H,26,30)/t21-/m0/s1.